The van der Waals surface area contributed by atoms with E-state index in [4.69, 9.17) is 4.74 Å². The van der Waals surface area contributed by atoms with Crippen molar-refractivity contribution in [2.45, 2.75) is 38.3 Å². The van der Waals surface area contributed by atoms with Gasteiger partial charge in [0.1, 0.15) is 18.5 Å². The van der Waals surface area contributed by atoms with Crippen LogP contribution in [0.25, 0.3) is 0 Å². The van der Waals surface area contributed by atoms with Crippen LogP contribution in [0.15, 0.2) is 24.3 Å². The van der Waals surface area contributed by atoms with Crippen molar-refractivity contribution in [2.75, 3.05) is 33.3 Å². The molecule has 4 nitrogen and oxygen atoms in total. The zero-order valence-corrected chi connectivity index (χ0v) is 13.2. The first-order valence-electron chi connectivity index (χ1n) is 7.93. The molecule has 118 valence electrons. The van der Waals surface area contributed by atoms with Crippen molar-refractivity contribution >= 4 is 0 Å². The standard InChI is InChI=1S/C17H28N2O2/c1-14-6-8-17(9-7-14)21-13-16(20)12-18-11-15-5-3-4-10-19(15)2/h6-9,15-16,18,20H,3-5,10-13H2,1-2H3. The highest BCUT2D eigenvalue weighted by molar-refractivity contribution is 5.26. The number of nitrogens with zero attached hydrogens (tertiary/aromatic N) is 1. The summed E-state index contributed by atoms with van der Waals surface area (Å²) in [6.07, 6.45) is 3.40. The zero-order valence-electron chi connectivity index (χ0n) is 13.2. The van der Waals surface area contributed by atoms with Crippen LogP contribution in [0.2, 0.25) is 0 Å². The van der Waals surface area contributed by atoms with Crippen molar-refractivity contribution in [2.24, 2.45) is 0 Å². The van der Waals surface area contributed by atoms with Crippen LogP contribution in [0.1, 0.15) is 24.8 Å². The summed E-state index contributed by atoms with van der Waals surface area (Å²) in [5.74, 6) is 0.812. The van der Waals surface area contributed by atoms with Crippen LogP contribution in [-0.4, -0.2) is 55.4 Å². The number of aliphatic hydroxyl groups is 1. The maximum absolute atomic E-state index is 9.96. The Kier molecular flexibility index (Phi) is 6.49. The monoisotopic (exact) mass is 292 g/mol. The number of likely N-dealkylation sites (N-methyl/N-ethyl adjacent to an activating group) is 1. The van der Waals surface area contributed by atoms with Gasteiger partial charge in [0.15, 0.2) is 0 Å². The number of rotatable bonds is 7. The Morgan fingerprint density at radius 1 is 1.33 bits per heavy atom. The Labute approximate surface area is 128 Å². The lowest BCUT2D eigenvalue weighted by molar-refractivity contribution is 0.102. The molecular formula is C17H28N2O2. The van der Waals surface area contributed by atoms with E-state index in [-0.39, 0.29) is 0 Å². The molecule has 0 bridgehead atoms. The van der Waals surface area contributed by atoms with E-state index in [0.29, 0.717) is 19.2 Å². The van der Waals surface area contributed by atoms with Gasteiger partial charge >= 0.3 is 0 Å². The number of ether oxygens (including phenoxy) is 1. The lowest BCUT2D eigenvalue weighted by atomic mass is 10.0. The molecule has 0 amide bonds. The Hall–Kier alpha value is -1.10. The second kappa shape index (κ2) is 8.37. The fraction of sp³-hybridized carbons (Fsp3) is 0.647. The highest BCUT2D eigenvalue weighted by atomic mass is 16.5. The molecule has 1 fully saturated rings. The van der Waals surface area contributed by atoms with Crippen LogP contribution in [0.3, 0.4) is 0 Å². The number of benzene rings is 1. The second-order valence-corrected chi connectivity index (χ2v) is 6.07. The summed E-state index contributed by atoms with van der Waals surface area (Å²) in [5, 5.41) is 13.3. The van der Waals surface area contributed by atoms with Gasteiger partial charge in [0.05, 0.1) is 0 Å². The maximum Gasteiger partial charge on any atom is 0.119 e. The van der Waals surface area contributed by atoms with E-state index in [9.17, 15) is 5.11 Å². The van der Waals surface area contributed by atoms with E-state index < -0.39 is 6.10 Å². The highest BCUT2D eigenvalue weighted by Gasteiger charge is 2.18. The van der Waals surface area contributed by atoms with Crippen molar-refractivity contribution in [1.29, 1.82) is 0 Å². The molecule has 1 aliphatic heterocycles. The first-order valence-corrected chi connectivity index (χ1v) is 7.93. The van der Waals surface area contributed by atoms with Crippen LogP contribution in [-0.2, 0) is 0 Å². The topological polar surface area (TPSA) is 44.7 Å². The molecule has 2 unspecified atom stereocenters. The van der Waals surface area contributed by atoms with Crippen LogP contribution in [0.5, 0.6) is 5.75 Å². The lowest BCUT2D eigenvalue weighted by Gasteiger charge is -2.32. The van der Waals surface area contributed by atoms with Gasteiger partial charge in [-0.25, -0.2) is 0 Å². The van der Waals surface area contributed by atoms with Gasteiger partial charge in [-0.2, -0.15) is 0 Å². The van der Waals surface area contributed by atoms with E-state index in [1.807, 2.05) is 31.2 Å². The molecule has 0 radical (unpaired) electrons. The molecule has 1 heterocycles. The normalized spacial score (nSPS) is 21.2. The molecule has 1 aromatic carbocycles. The third kappa shape index (κ3) is 5.65. The number of hydrogen-bond acceptors (Lipinski definition) is 4. The van der Waals surface area contributed by atoms with E-state index >= 15 is 0 Å². The fourth-order valence-electron chi connectivity index (χ4n) is 2.70. The number of aliphatic hydroxyl groups excluding tert-OH is 1. The SMILES string of the molecule is Cc1ccc(OCC(O)CNCC2CCCCN2C)cc1. The lowest BCUT2D eigenvalue weighted by Crippen LogP contribution is -2.45. The van der Waals surface area contributed by atoms with Gasteiger partial charge in [-0.1, -0.05) is 24.1 Å². The van der Waals surface area contributed by atoms with Gasteiger partial charge in [-0.05, 0) is 45.5 Å². The summed E-state index contributed by atoms with van der Waals surface area (Å²) in [5.41, 5.74) is 1.21. The maximum atomic E-state index is 9.96. The van der Waals surface area contributed by atoms with Crippen LogP contribution in [0, 0.1) is 6.92 Å². The largest absolute Gasteiger partial charge is 0.491 e. The van der Waals surface area contributed by atoms with Gasteiger partial charge in [0.2, 0.25) is 0 Å². The molecule has 0 aromatic heterocycles. The Bertz CT molecular complexity index is 408. The first-order chi connectivity index (χ1) is 10.1. The van der Waals surface area contributed by atoms with Gasteiger partial charge in [0, 0.05) is 19.1 Å². The number of piperidine rings is 1. The molecule has 1 aromatic rings. The Morgan fingerprint density at radius 3 is 2.81 bits per heavy atom. The summed E-state index contributed by atoms with van der Waals surface area (Å²) in [6.45, 7) is 5.08. The van der Waals surface area contributed by atoms with Crippen molar-refractivity contribution in [3.05, 3.63) is 29.8 Å². The molecular weight excluding hydrogens is 264 g/mol. The molecule has 0 spiro atoms. The molecule has 2 atom stereocenters. The van der Waals surface area contributed by atoms with Gasteiger partial charge in [-0.3, -0.25) is 0 Å². The summed E-state index contributed by atoms with van der Waals surface area (Å²) >= 11 is 0. The molecule has 2 N–H and O–H groups in total. The fourth-order valence-corrected chi connectivity index (χ4v) is 2.70. The first kappa shape index (κ1) is 16.3. The number of aryl methyl sites for hydroxylation is 1. The molecule has 1 saturated heterocycles. The molecule has 4 heteroatoms. The molecule has 21 heavy (non-hydrogen) atoms. The molecule has 0 saturated carbocycles. The summed E-state index contributed by atoms with van der Waals surface area (Å²) in [4.78, 5) is 2.41. The van der Waals surface area contributed by atoms with Gasteiger partial charge in [-0.15, -0.1) is 0 Å². The molecule has 2 rings (SSSR count). The minimum Gasteiger partial charge on any atom is -0.491 e. The second-order valence-electron chi connectivity index (χ2n) is 6.07. The summed E-state index contributed by atoms with van der Waals surface area (Å²) in [6, 6.07) is 8.50. The average molecular weight is 292 g/mol. The van der Waals surface area contributed by atoms with Crippen LogP contribution in [0.4, 0.5) is 0 Å². The predicted molar refractivity (Wildman–Crippen MR) is 85.8 cm³/mol. The third-order valence-electron chi connectivity index (χ3n) is 4.14. The predicted octanol–water partition coefficient (Wildman–Crippen LogP) is 1.81. The van der Waals surface area contributed by atoms with Gasteiger partial charge < -0.3 is 20.1 Å². The molecule has 1 aliphatic rings. The van der Waals surface area contributed by atoms with Crippen molar-refractivity contribution in [1.82, 2.24) is 10.2 Å². The van der Waals surface area contributed by atoms with Gasteiger partial charge in [0.25, 0.3) is 0 Å². The third-order valence-corrected chi connectivity index (χ3v) is 4.14. The highest BCUT2D eigenvalue weighted by Crippen LogP contribution is 2.14. The Balaban J connectivity index is 1.61. The van der Waals surface area contributed by atoms with Crippen molar-refractivity contribution < 1.29 is 9.84 Å². The minimum atomic E-state index is -0.472. The average Bonchev–Trinajstić information content (AvgIpc) is 2.49. The van der Waals surface area contributed by atoms with Crippen LogP contribution < -0.4 is 10.1 Å². The minimum absolute atomic E-state index is 0.330. The summed E-state index contributed by atoms with van der Waals surface area (Å²) < 4.78 is 5.59. The van der Waals surface area contributed by atoms with Crippen LogP contribution >= 0.6 is 0 Å². The summed E-state index contributed by atoms with van der Waals surface area (Å²) in [7, 11) is 2.18. The smallest absolute Gasteiger partial charge is 0.119 e. The number of nitrogens with one attached hydrogen (secondary N) is 1. The van der Waals surface area contributed by atoms with E-state index in [0.717, 1.165) is 12.3 Å². The van der Waals surface area contributed by atoms with Crippen molar-refractivity contribution in [3.63, 3.8) is 0 Å². The van der Waals surface area contributed by atoms with E-state index in [2.05, 4.69) is 17.3 Å². The zero-order chi connectivity index (χ0) is 15.1. The van der Waals surface area contributed by atoms with Crippen molar-refractivity contribution in [3.8, 4) is 5.75 Å². The quantitative estimate of drug-likeness (QED) is 0.804. The van der Waals surface area contributed by atoms with E-state index in [1.165, 1.54) is 31.4 Å². The van der Waals surface area contributed by atoms with E-state index in [1.54, 1.807) is 0 Å². The number of likely N-dealkylation sites (tertiary alicyclic amines) is 1. The number of hydrogen-bond donors (Lipinski definition) is 2. The Morgan fingerprint density at radius 2 is 2.10 bits per heavy atom. The molecule has 0 aliphatic carbocycles.